The molecule has 2 aromatic carbocycles. The molecule has 22 heavy (non-hydrogen) atoms. The normalized spacial score (nSPS) is 11.6. The van der Waals surface area contributed by atoms with Crippen molar-refractivity contribution in [1.82, 2.24) is 4.31 Å². The minimum Gasteiger partial charge on any atom is -0.294 e. The Bertz CT molecular complexity index is 778. The van der Waals surface area contributed by atoms with Crippen LogP contribution < -0.4 is 0 Å². The van der Waals surface area contributed by atoms with E-state index in [0.29, 0.717) is 12.0 Å². The van der Waals surface area contributed by atoms with E-state index < -0.39 is 10.0 Å². The lowest BCUT2D eigenvalue weighted by atomic mass is 10.0. The van der Waals surface area contributed by atoms with Crippen LogP contribution >= 0.6 is 0 Å². The Morgan fingerprint density at radius 3 is 2.23 bits per heavy atom. The van der Waals surface area contributed by atoms with Gasteiger partial charge < -0.3 is 0 Å². The first kappa shape index (κ1) is 16.4. The number of carbonyl (C=O) groups excluding carboxylic acids is 1. The highest BCUT2D eigenvalue weighted by molar-refractivity contribution is 7.89. The van der Waals surface area contributed by atoms with Crippen LogP contribution in [0.3, 0.4) is 0 Å². The molecule has 0 N–H and O–H groups in total. The van der Waals surface area contributed by atoms with Crippen LogP contribution in [0.25, 0.3) is 0 Å². The molecule has 0 amide bonds. The van der Waals surface area contributed by atoms with Gasteiger partial charge in [-0.15, -0.1) is 0 Å². The average molecular weight is 317 g/mol. The minimum atomic E-state index is -3.46. The molecule has 0 spiro atoms. The van der Waals surface area contributed by atoms with Crippen molar-refractivity contribution < 1.29 is 13.2 Å². The first-order valence-electron chi connectivity index (χ1n) is 6.92. The maximum Gasteiger partial charge on any atom is 0.242 e. The summed E-state index contributed by atoms with van der Waals surface area (Å²) in [5.74, 6) is -0.0283. The number of sulfonamides is 1. The summed E-state index contributed by atoms with van der Waals surface area (Å²) in [7, 11) is -0.505. The largest absolute Gasteiger partial charge is 0.294 e. The number of benzene rings is 2. The maximum absolute atomic E-state index is 12.3. The Morgan fingerprint density at radius 1 is 1.05 bits per heavy atom. The summed E-state index contributed by atoms with van der Waals surface area (Å²) in [6.45, 7) is 1.98. The van der Waals surface area contributed by atoms with E-state index in [-0.39, 0.29) is 10.7 Å². The van der Waals surface area contributed by atoms with Gasteiger partial charge in [0.2, 0.25) is 10.0 Å². The second-order valence-electron chi connectivity index (χ2n) is 5.40. The van der Waals surface area contributed by atoms with E-state index in [1.54, 1.807) is 12.1 Å². The number of hydrogen-bond donors (Lipinski definition) is 0. The number of rotatable bonds is 5. The molecule has 0 radical (unpaired) electrons. The Balaban J connectivity index is 2.19. The molecule has 0 saturated heterocycles. The predicted molar refractivity (Wildman–Crippen MR) is 86.5 cm³/mol. The smallest absolute Gasteiger partial charge is 0.242 e. The molecule has 0 aliphatic carbocycles. The number of aryl methyl sites for hydroxylation is 1. The molecule has 4 nitrogen and oxygen atoms in total. The van der Waals surface area contributed by atoms with Crippen molar-refractivity contribution in [2.45, 2.75) is 18.2 Å². The molecule has 5 heteroatoms. The van der Waals surface area contributed by atoms with Gasteiger partial charge in [0, 0.05) is 26.1 Å². The molecular formula is C17H19NO3S. The van der Waals surface area contributed by atoms with E-state index in [1.807, 2.05) is 31.2 Å². The summed E-state index contributed by atoms with van der Waals surface area (Å²) in [6.07, 6.45) is 0.307. The molecule has 0 saturated carbocycles. The summed E-state index contributed by atoms with van der Waals surface area (Å²) in [5.41, 5.74) is 2.58. The highest BCUT2D eigenvalue weighted by Gasteiger charge is 2.17. The average Bonchev–Trinajstić information content (AvgIpc) is 2.47. The zero-order valence-electron chi connectivity index (χ0n) is 12.9. The van der Waals surface area contributed by atoms with Gasteiger partial charge in [-0.1, -0.05) is 42.0 Å². The van der Waals surface area contributed by atoms with Crippen molar-refractivity contribution in [3.05, 3.63) is 65.2 Å². The van der Waals surface area contributed by atoms with Crippen LogP contribution in [0.1, 0.15) is 21.5 Å². The van der Waals surface area contributed by atoms with Gasteiger partial charge in [0.1, 0.15) is 0 Å². The quantitative estimate of drug-likeness (QED) is 0.797. The Kier molecular flexibility index (Phi) is 4.78. The van der Waals surface area contributed by atoms with Crippen molar-refractivity contribution in [2.75, 3.05) is 14.1 Å². The van der Waals surface area contributed by atoms with E-state index in [9.17, 15) is 13.2 Å². The van der Waals surface area contributed by atoms with Crippen LogP contribution in [-0.2, 0) is 16.4 Å². The molecule has 0 aromatic heterocycles. The predicted octanol–water partition coefficient (Wildman–Crippen LogP) is 2.67. The summed E-state index contributed by atoms with van der Waals surface area (Å²) < 4.78 is 25.1. The molecule has 0 aliphatic rings. The van der Waals surface area contributed by atoms with Crippen LogP contribution in [0.2, 0.25) is 0 Å². The van der Waals surface area contributed by atoms with E-state index in [4.69, 9.17) is 0 Å². The number of nitrogens with zero attached hydrogens (tertiary/aromatic N) is 1. The molecular weight excluding hydrogens is 298 g/mol. The van der Waals surface area contributed by atoms with Crippen molar-refractivity contribution in [3.8, 4) is 0 Å². The summed E-state index contributed by atoms with van der Waals surface area (Å²) in [5, 5.41) is 0. The number of hydrogen-bond acceptors (Lipinski definition) is 3. The van der Waals surface area contributed by atoms with E-state index >= 15 is 0 Å². The van der Waals surface area contributed by atoms with Gasteiger partial charge in [-0.25, -0.2) is 12.7 Å². The Morgan fingerprint density at radius 2 is 1.68 bits per heavy atom. The van der Waals surface area contributed by atoms with Gasteiger partial charge in [-0.05, 0) is 24.6 Å². The molecule has 2 rings (SSSR count). The van der Waals surface area contributed by atoms with Crippen molar-refractivity contribution in [3.63, 3.8) is 0 Å². The van der Waals surface area contributed by atoms with Gasteiger partial charge in [-0.2, -0.15) is 0 Å². The summed E-state index contributed by atoms with van der Waals surface area (Å²) >= 11 is 0. The monoisotopic (exact) mass is 317 g/mol. The summed E-state index contributed by atoms with van der Waals surface area (Å²) in [6, 6.07) is 13.9. The molecule has 0 aliphatic heterocycles. The zero-order chi connectivity index (χ0) is 16.3. The van der Waals surface area contributed by atoms with E-state index in [2.05, 4.69) is 0 Å². The number of carbonyl (C=O) groups is 1. The van der Waals surface area contributed by atoms with Crippen molar-refractivity contribution in [2.24, 2.45) is 0 Å². The Labute approximate surface area is 131 Å². The van der Waals surface area contributed by atoms with Gasteiger partial charge in [0.25, 0.3) is 0 Å². The lowest BCUT2D eigenvalue weighted by Gasteiger charge is -2.11. The first-order chi connectivity index (χ1) is 10.3. The number of ketones is 1. The molecule has 0 atom stereocenters. The Hall–Kier alpha value is -1.98. The van der Waals surface area contributed by atoms with Crippen LogP contribution in [0.15, 0.2) is 53.4 Å². The third-order valence-corrected chi connectivity index (χ3v) is 5.23. The van der Waals surface area contributed by atoms with Crippen LogP contribution in [0.4, 0.5) is 0 Å². The molecule has 0 bridgehead atoms. The molecule has 116 valence electrons. The molecule has 0 unspecified atom stereocenters. The second kappa shape index (κ2) is 6.42. The highest BCUT2D eigenvalue weighted by Crippen LogP contribution is 2.15. The van der Waals surface area contributed by atoms with Gasteiger partial charge in [0.15, 0.2) is 5.78 Å². The second-order valence-corrected chi connectivity index (χ2v) is 7.55. The van der Waals surface area contributed by atoms with Crippen molar-refractivity contribution in [1.29, 1.82) is 0 Å². The molecule has 0 fully saturated rings. The third-order valence-electron chi connectivity index (χ3n) is 3.40. The first-order valence-corrected chi connectivity index (χ1v) is 8.36. The summed E-state index contributed by atoms with van der Waals surface area (Å²) in [4.78, 5) is 12.4. The SMILES string of the molecule is Cc1cccc(CC(=O)c2ccc(S(=O)(=O)N(C)C)cc2)c1. The van der Waals surface area contributed by atoms with E-state index in [0.717, 1.165) is 15.4 Å². The third kappa shape index (κ3) is 3.61. The fourth-order valence-electron chi connectivity index (χ4n) is 2.13. The minimum absolute atomic E-state index is 0.0283. The van der Waals surface area contributed by atoms with Crippen LogP contribution in [-0.4, -0.2) is 32.6 Å². The van der Waals surface area contributed by atoms with Crippen molar-refractivity contribution >= 4 is 15.8 Å². The zero-order valence-corrected chi connectivity index (χ0v) is 13.7. The maximum atomic E-state index is 12.3. The standard InChI is InChI=1S/C17H19NO3S/c1-13-5-4-6-14(11-13)12-17(19)15-7-9-16(10-8-15)22(20,21)18(2)3/h4-11H,12H2,1-3H3. The van der Waals surface area contributed by atoms with E-state index in [1.165, 1.54) is 26.2 Å². The van der Waals surface area contributed by atoms with Crippen LogP contribution in [0, 0.1) is 6.92 Å². The molecule has 0 heterocycles. The lowest BCUT2D eigenvalue weighted by Crippen LogP contribution is -2.22. The van der Waals surface area contributed by atoms with Crippen LogP contribution in [0.5, 0.6) is 0 Å². The fourth-order valence-corrected chi connectivity index (χ4v) is 3.03. The lowest BCUT2D eigenvalue weighted by molar-refractivity contribution is 0.0993. The van der Waals surface area contributed by atoms with Gasteiger partial charge in [-0.3, -0.25) is 4.79 Å². The van der Waals surface area contributed by atoms with Gasteiger partial charge >= 0.3 is 0 Å². The van der Waals surface area contributed by atoms with Gasteiger partial charge in [0.05, 0.1) is 4.90 Å². The fraction of sp³-hybridized carbons (Fsp3) is 0.235. The topological polar surface area (TPSA) is 54.5 Å². The highest BCUT2D eigenvalue weighted by atomic mass is 32.2. The molecule has 2 aromatic rings. The number of Topliss-reactive ketones (excluding diaryl/α,β-unsaturated/α-hetero) is 1.